The fourth-order valence-electron chi connectivity index (χ4n) is 2.17. The molecule has 1 fully saturated rings. The van der Waals surface area contributed by atoms with Crippen LogP contribution in [0.4, 0.5) is 0 Å². The van der Waals surface area contributed by atoms with E-state index in [4.69, 9.17) is 5.11 Å². The second-order valence-corrected chi connectivity index (χ2v) is 4.27. The number of carboxylic acid groups (broad SMARTS) is 1. The molecule has 0 amide bonds. The Morgan fingerprint density at radius 2 is 2.13 bits per heavy atom. The van der Waals surface area contributed by atoms with Crippen molar-refractivity contribution in [1.29, 1.82) is 0 Å². The van der Waals surface area contributed by atoms with Gasteiger partial charge in [0.15, 0.2) is 0 Å². The van der Waals surface area contributed by atoms with Gasteiger partial charge in [0.25, 0.3) is 0 Å². The van der Waals surface area contributed by atoms with E-state index in [-0.39, 0.29) is 12.5 Å². The lowest BCUT2D eigenvalue weighted by molar-refractivity contribution is -0.477. The summed E-state index contributed by atoms with van der Waals surface area (Å²) in [5.41, 5.74) is 0. The predicted molar refractivity (Wildman–Crippen MR) is 58.2 cm³/mol. The molecular formula is C10H20N3O2+. The van der Waals surface area contributed by atoms with Crippen LogP contribution in [0.2, 0.25) is 0 Å². The molecule has 5 heteroatoms. The molecular weight excluding hydrogens is 194 g/mol. The summed E-state index contributed by atoms with van der Waals surface area (Å²) in [6, 6.07) is 0.107. The van der Waals surface area contributed by atoms with E-state index in [0.717, 1.165) is 18.9 Å². The van der Waals surface area contributed by atoms with Crippen molar-refractivity contribution in [3.8, 4) is 0 Å². The first-order valence-electron chi connectivity index (χ1n) is 5.13. The Morgan fingerprint density at radius 3 is 2.60 bits per heavy atom. The Balaban J connectivity index is 2.82. The standard InChI is InChI=1S/C10H19N3O2/c1-11(2)10-12(3)6-5-8(13(10)4)7-9(14)15/h8H,5-7H2,1-4H3/p+1. The Kier molecular flexibility index (Phi) is 3.55. The minimum Gasteiger partial charge on any atom is -0.481 e. The second-order valence-electron chi connectivity index (χ2n) is 4.27. The lowest BCUT2D eigenvalue weighted by atomic mass is 10.1. The molecule has 1 aliphatic rings. The zero-order valence-corrected chi connectivity index (χ0v) is 9.90. The van der Waals surface area contributed by atoms with Crippen molar-refractivity contribution in [2.75, 3.05) is 34.7 Å². The number of hydrogen-bond acceptors (Lipinski definition) is 1. The van der Waals surface area contributed by atoms with E-state index in [0.29, 0.717) is 0 Å². The molecule has 86 valence electrons. The largest absolute Gasteiger partial charge is 0.481 e. The molecule has 0 radical (unpaired) electrons. The van der Waals surface area contributed by atoms with Crippen LogP contribution in [0.25, 0.3) is 0 Å². The molecule has 1 N–H and O–H groups in total. The number of rotatable bonds is 2. The number of guanidine groups is 1. The quantitative estimate of drug-likeness (QED) is 0.643. The number of aliphatic carboxylic acids is 1. The van der Waals surface area contributed by atoms with Crippen LogP contribution in [-0.2, 0) is 4.79 Å². The van der Waals surface area contributed by atoms with E-state index in [9.17, 15) is 4.79 Å². The molecule has 1 heterocycles. The molecule has 1 unspecified atom stereocenters. The van der Waals surface area contributed by atoms with Crippen molar-refractivity contribution in [2.24, 2.45) is 0 Å². The number of carboxylic acids is 1. The molecule has 1 aliphatic heterocycles. The van der Waals surface area contributed by atoms with Gasteiger partial charge in [0, 0.05) is 6.42 Å². The highest BCUT2D eigenvalue weighted by Gasteiger charge is 2.35. The molecule has 0 aromatic carbocycles. The Morgan fingerprint density at radius 1 is 1.53 bits per heavy atom. The van der Waals surface area contributed by atoms with Gasteiger partial charge in [-0.25, -0.2) is 0 Å². The van der Waals surface area contributed by atoms with Gasteiger partial charge in [-0.3, -0.25) is 19.2 Å². The first-order valence-corrected chi connectivity index (χ1v) is 5.13. The monoisotopic (exact) mass is 214 g/mol. The van der Waals surface area contributed by atoms with Gasteiger partial charge >= 0.3 is 11.9 Å². The highest BCUT2D eigenvalue weighted by atomic mass is 16.4. The van der Waals surface area contributed by atoms with Gasteiger partial charge in [-0.05, 0) is 0 Å². The normalized spacial score (nSPS) is 21.9. The predicted octanol–water partition coefficient (Wildman–Crippen LogP) is -0.275. The molecule has 5 nitrogen and oxygen atoms in total. The highest BCUT2D eigenvalue weighted by molar-refractivity contribution is 5.77. The smallest absolute Gasteiger partial charge is 0.349 e. The summed E-state index contributed by atoms with van der Waals surface area (Å²) in [6.45, 7) is 0.912. The van der Waals surface area contributed by atoms with Crippen LogP contribution in [0.15, 0.2) is 0 Å². The molecule has 1 atom stereocenters. The maximum Gasteiger partial charge on any atom is 0.349 e. The second kappa shape index (κ2) is 4.51. The molecule has 0 aromatic rings. The summed E-state index contributed by atoms with van der Waals surface area (Å²) < 4.78 is 2.02. The van der Waals surface area contributed by atoms with Crippen LogP contribution in [0.1, 0.15) is 12.8 Å². The summed E-state index contributed by atoms with van der Waals surface area (Å²) >= 11 is 0. The molecule has 0 aliphatic carbocycles. The molecule has 15 heavy (non-hydrogen) atoms. The maximum atomic E-state index is 10.7. The van der Waals surface area contributed by atoms with Crippen LogP contribution < -0.4 is 0 Å². The van der Waals surface area contributed by atoms with E-state index < -0.39 is 5.97 Å². The third-order valence-corrected chi connectivity index (χ3v) is 2.81. The first kappa shape index (κ1) is 11.8. The fraction of sp³-hybridized carbons (Fsp3) is 0.800. The highest BCUT2D eigenvalue weighted by Crippen LogP contribution is 2.15. The van der Waals surface area contributed by atoms with Gasteiger partial charge in [-0.2, -0.15) is 0 Å². The van der Waals surface area contributed by atoms with Crippen molar-refractivity contribution < 1.29 is 14.5 Å². The SMILES string of the molecule is CN1CCC(CC(=O)O)N(C)C1=[N+](C)C. The Labute approximate surface area is 90.6 Å². The van der Waals surface area contributed by atoms with Gasteiger partial charge < -0.3 is 5.11 Å². The molecule has 1 rings (SSSR count). The third kappa shape index (κ3) is 2.61. The maximum absolute atomic E-state index is 10.7. The summed E-state index contributed by atoms with van der Waals surface area (Å²) in [7, 11) is 7.94. The van der Waals surface area contributed by atoms with E-state index in [1.807, 2.05) is 32.8 Å². The average Bonchev–Trinajstić information content (AvgIpc) is 2.09. The van der Waals surface area contributed by atoms with Gasteiger partial charge in [0.2, 0.25) is 0 Å². The van der Waals surface area contributed by atoms with Gasteiger partial charge in [-0.1, -0.05) is 0 Å². The zero-order chi connectivity index (χ0) is 11.6. The fourth-order valence-corrected chi connectivity index (χ4v) is 2.17. The van der Waals surface area contributed by atoms with Crippen molar-refractivity contribution in [3.05, 3.63) is 0 Å². The van der Waals surface area contributed by atoms with Crippen LogP contribution in [0, 0.1) is 0 Å². The summed E-state index contributed by atoms with van der Waals surface area (Å²) in [6.07, 6.45) is 1.11. The minimum atomic E-state index is -0.727. The minimum absolute atomic E-state index is 0.107. The van der Waals surface area contributed by atoms with Crippen molar-refractivity contribution in [3.63, 3.8) is 0 Å². The van der Waals surface area contributed by atoms with E-state index in [1.165, 1.54) is 0 Å². The summed E-state index contributed by atoms with van der Waals surface area (Å²) in [4.78, 5) is 14.9. The van der Waals surface area contributed by atoms with Crippen molar-refractivity contribution in [1.82, 2.24) is 9.80 Å². The van der Waals surface area contributed by atoms with Gasteiger partial charge in [0.05, 0.1) is 47.2 Å². The summed E-state index contributed by atoms with van der Waals surface area (Å²) in [5, 5.41) is 8.81. The Hall–Kier alpha value is -1.26. The van der Waals surface area contributed by atoms with E-state index in [2.05, 4.69) is 9.80 Å². The van der Waals surface area contributed by atoms with Crippen LogP contribution in [0.3, 0.4) is 0 Å². The third-order valence-electron chi connectivity index (χ3n) is 2.81. The number of carbonyl (C=O) groups is 1. The number of nitrogens with zero attached hydrogens (tertiary/aromatic N) is 3. The number of hydrogen-bond donors (Lipinski definition) is 1. The molecule has 0 spiro atoms. The average molecular weight is 214 g/mol. The van der Waals surface area contributed by atoms with E-state index >= 15 is 0 Å². The molecule has 1 saturated heterocycles. The molecule has 0 saturated carbocycles. The first-order chi connectivity index (χ1) is 6.93. The zero-order valence-electron chi connectivity index (χ0n) is 9.90. The summed E-state index contributed by atoms with van der Waals surface area (Å²) in [5.74, 6) is 0.349. The Bertz CT molecular complexity index is 284. The lowest BCUT2D eigenvalue weighted by Gasteiger charge is -2.34. The van der Waals surface area contributed by atoms with Gasteiger partial charge in [-0.15, -0.1) is 0 Å². The van der Waals surface area contributed by atoms with Crippen LogP contribution in [-0.4, -0.2) is 72.2 Å². The molecule has 0 bridgehead atoms. The van der Waals surface area contributed by atoms with Crippen LogP contribution >= 0.6 is 0 Å². The van der Waals surface area contributed by atoms with Gasteiger partial charge in [0.1, 0.15) is 0 Å². The van der Waals surface area contributed by atoms with Crippen LogP contribution in [0.5, 0.6) is 0 Å². The van der Waals surface area contributed by atoms with Crippen molar-refractivity contribution in [2.45, 2.75) is 18.9 Å². The lowest BCUT2D eigenvalue weighted by Crippen LogP contribution is -2.55. The molecule has 0 aromatic heterocycles. The topological polar surface area (TPSA) is 46.8 Å². The van der Waals surface area contributed by atoms with E-state index in [1.54, 1.807) is 0 Å². The van der Waals surface area contributed by atoms with Crippen molar-refractivity contribution >= 4 is 11.9 Å².